The summed E-state index contributed by atoms with van der Waals surface area (Å²) in [7, 11) is 1.60. The Bertz CT molecular complexity index is 1480. The molecule has 2 heterocycles. The number of pyridine rings is 1. The van der Waals surface area contributed by atoms with Gasteiger partial charge in [0.25, 0.3) is 5.91 Å². The molecule has 0 unspecified atom stereocenters. The molecule has 5 rings (SSSR count). The smallest absolute Gasteiger partial charge is 0.251 e. The molecule has 1 saturated heterocycles. The monoisotopic (exact) mass is 628 g/mol. The largest absolute Gasteiger partial charge is 0.457 e. The zero-order chi connectivity index (χ0) is 32.5. The van der Waals surface area contributed by atoms with Crippen LogP contribution in [0.15, 0.2) is 73.1 Å². The lowest BCUT2D eigenvalue weighted by Gasteiger charge is -2.47. The number of ether oxygens (including phenoxy) is 1. The zero-order valence-corrected chi connectivity index (χ0v) is 26.7. The highest BCUT2D eigenvalue weighted by Crippen LogP contribution is 2.34. The maximum absolute atomic E-state index is 13.9. The molecule has 0 radical (unpaired) electrons. The van der Waals surface area contributed by atoms with E-state index >= 15 is 0 Å². The number of carbonyl (C=O) groups excluding carboxylic acids is 3. The van der Waals surface area contributed by atoms with Crippen molar-refractivity contribution in [1.29, 1.82) is 0 Å². The Labute approximate surface area is 271 Å². The number of hydrogen-bond acceptors (Lipinski definition) is 6. The molecule has 244 valence electrons. The third-order valence-electron chi connectivity index (χ3n) is 9.55. The number of amides is 3. The number of aromatic nitrogens is 1. The van der Waals surface area contributed by atoms with Crippen LogP contribution >= 0.6 is 0 Å². The van der Waals surface area contributed by atoms with E-state index in [2.05, 4.69) is 10.2 Å². The molecule has 2 aliphatic rings. The quantitative estimate of drug-likeness (QED) is 0.199. The Morgan fingerprint density at radius 3 is 2.24 bits per heavy atom. The van der Waals surface area contributed by atoms with Crippen LogP contribution in [0.2, 0.25) is 0 Å². The van der Waals surface area contributed by atoms with E-state index in [0.717, 1.165) is 35.1 Å². The molecule has 46 heavy (non-hydrogen) atoms. The second kappa shape index (κ2) is 15.2. The van der Waals surface area contributed by atoms with Crippen LogP contribution in [0.1, 0.15) is 79.3 Å². The molecular weight excluding hydrogens is 582 g/mol. The van der Waals surface area contributed by atoms with E-state index in [-0.39, 0.29) is 18.4 Å². The zero-order valence-electron chi connectivity index (χ0n) is 26.7. The van der Waals surface area contributed by atoms with Crippen LogP contribution in [0, 0.1) is 5.92 Å². The number of nitrogens with one attached hydrogen (secondary N) is 1. The fourth-order valence-corrected chi connectivity index (χ4v) is 6.81. The third kappa shape index (κ3) is 8.23. The first-order chi connectivity index (χ1) is 22.3. The highest BCUT2D eigenvalue weighted by Gasteiger charge is 2.47. The lowest BCUT2D eigenvalue weighted by Crippen LogP contribution is -2.63. The predicted molar refractivity (Wildman–Crippen MR) is 173 cm³/mol. The van der Waals surface area contributed by atoms with Crippen LogP contribution in [0.25, 0.3) is 0 Å². The molecule has 1 aliphatic carbocycles. The van der Waals surface area contributed by atoms with Gasteiger partial charge in [-0.15, -0.1) is 0 Å². The average Bonchev–Trinajstić information content (AvgIpc) is 3.08. The van der Waals surface area contributed by atoms with Gasteiger partial charge in [-0.3, -0.25) is 24.5 Å². The molecule has 0 atom stereocenters. The van der Waals surface area contributed by atoms with Crippen LogP contribution in [0.3, 0.4) is 0 Å². The third-order valence-corrected chi connectivity index (χ3v) is 9.55. The molecule has 1 aromatic heterocycles. The molecule has 10 heteroatoms. The van der Waals surface area contributed by atoms with Crippen molar-refractivity contribution >= 4 is 17.7 Å². The van der Waals surface area contributed by atoms with Crippen molar-refractivity contribution in [3.05, 3.63) is 89.7 Å². The number of piperidine rings is 1. The van der Waals surface area contributed by atoms with Gasteiger partial charge in [0, 0.05) is 55.0 Å². The molecule has 0 bridgehead atoms. The number of nitrogens with zero attached hydrogens (tertiary/aromatic N) is 3. The summed E-state index contributed by atoms with van der Waals surface area (Å²) in [5, 5.41) is 12.6. The van der Waals surface area contributed by atoms with Crippen LogP contribution in [0.4, 0.5) is 0 Å². The van der Waals surface area contributed by atoms with E-state index in [1.54, 1.807) is 48.5 Å². The maximum atomic E-state index is 13.9. The Hall–Kier alpha value is -4.44. The summed E-state index contributed by atoms with van der Waals surface area (Å²) in [6.45, 7) is 2.12. The summed E-state index contributed by atoms with van der Waals surface area (Å²) in [6, 6.07) is 18.4. The molecule has 3 amide bonds. The van der Waals surface area contributed by atoms with E-state index in [9.17, 15) is 19.6 Å². The van der Waals surface area contributed by atoms with Crippen molar-refractivity contribution in [3.63, 3.8) is 0 Å². The van der Waals surface area contributed by atoms with Crippen molar-refractivity contribution in [1.82, 2.24) is 15.1 Å². The molecule has 10 nitrogen and oxygen atoms in total. The first kappa shape index (κ1) is 32.9. The van der Waals surface area contributed by atoms with Crippen LogP contribution in [-0.4, -0.2) is 58.4 Å². The van der Waals surface area contributed by atoms with Gasteiger partial charge in [0.15, 0.2) is 0 Å². The summed E-state index contributed by atoms with van der Waals surface area (Å²) in [5.74, 6) is 1.21. The van der Waals surface area contributed by atoms with Crippen molar-refractivity contribution in [2.75, 3.05) is 20.1 Å². The average molecular weight is 629 g/mol. The fraction of sp³-hybridized carbons (Fsp3) is 0.444. The summed E-state index contributed by atoms with van der Waals surface area (Å²) in [6.07, 6.45) is 11.2. The van der Waals surface area contributed by atoms with Gasteiger partial charge in [-0.05, 0) is 73.2 Å². The number of hydrogen-bond donors (Lipinski definition) is 3. The normalized spacial score (nSPS) is 16.8. The number of benzene rings is 2. The van der Waals surface area contributed by atoms with Gasteiger partial charge in [0.1, 0.15) is 17.0 Å². The van der Waals surface area contributed by atoms with Gasteiger partial charge in [-0.2, -0.15) is 0 Å². The van der Waals surface area contributed by atoms with Crippen LogP contribution < -0.4 is 20.5 Å². The Morgan fingerprint density at radius 2 is 1.63 bits per heavy atom. The van der Waals surface area contributed by atoms with Gasteiger partial charge in [-0.1, -0.05) is 44.2 Å². The first-order valence-corrected chi connectivity index (χ1v) is 16.4. The standard InChI is InChI=1S/C36H45N5O5/c1-38-34(43)30-12-16-32(17-13-30)46-31-14-9-28(10-15-31)24-39-22-19-36(20-23-39,35(37)44)41(26-29-8-5-21-40(45)25-29)33(42)18-11-27-6-3-2-4-7-27/h5,8-10,12-17,21,25,27H,2-4,6-7,11,18-20,22-24,26H2,1H3,(H3-,37,38,43,44,45)/p+1. The first-order valence-electron chi connectivity index (χ1n) is 16.4. The van der Waals surface area contributed by atoms with Gasteiger partial charge in [-0.25, -0.2) is 0 Å². The number of nitrogens with two attached hydrogens (primary N) is 1. The summed E-state index contributed by atoms with van der Waals surface area (Å²) in [5.41, 5.74) is 7.45. The molecule has 4 N–H and O–H groups in total. The van der Waals surface area contributed by atoms with Crippen molar-refractivity contribution in [3.8, 4) is 11.5 Å². The molecule has 2 aromatic carbocycles. The Balaban J connectivity index is 1.23. The van der Waals surface area contributed by atoms with Crippen LogP contribution in [-0.2, 0) is 22.7 Å². The molecule has 3 aromatic rings. The van der Waals surface area contributed by atoms with Gasteiger partial charge in [0.05, 0.1) is 6.54 Å². The topological polar surface area (TPSA) is 129 Å². The highest BCUT2D eigenvalue weighted by molar-refractivity contribution is 5.94. The summed E-state index contributed by atoms with van der Waals surface area (Å²) < 4.78 is 6.93. The van der Waals surface area contributed by atoms with E-state index in [1.807, 2.05) is 30.3 Å². The van der Waals surface area contributed by atoms with E-state index in [4.69, 9.17) is 10.5 Å². The maximum Gasteiger partial charge on any atom is 0.251 e. The second-order valence-corrected chi connectivity index (χ2v) is 12.6. The number of primary amides is 1. The molecule has 2 fully saturated rings. The van der Waals surface area contributed by atoms with Crippen LogP contribution in [0.5, 0.6) is 11.5 Å². The summed E-state index contributed by atoms with van der Waals surface area (Å²) in [4.78, 5) is 42.9. The predicted octanol–water partition coefficient (Wildman–Crippen LogP) is 4.57. The second-order valence-electron chi connectivity index (χ2n) is 12.6. The van der Waals surface area contributed by atoms with E-state index in [1.165, 1.54) is 25.5 Å². The molecule has 0 spiro atoms. The van der Waals surface area contributed by atoms with Crippen molar-refractivity contribution < 1.29 is 29.1 Å². The number of rotatable bonds is 12. The molecule has 1 saturated carbocycles. The fourth-order valence-electron chi connectivity index (χ4n) is 6.81. The summed E-state index contributed by atoms with van der Waals surface area (Å²) >= 11 is 0. The minimum Gasteiger partial charge on any atom is -0.457 e. The highest BCUT2D eigenvalue weighted by atomic mass is 16.5. The Morgan fingerprint density at radius 1 is 0.978 bits per heavy atom. The SMILES string of the molecule is CNC(=O)c1ccc(Oc2ccc(CN3CCC(C(N)=O)(N(Cc4ccc[n+](O)c4)C(=O)CCC4CCCCC4)CC3)cc2)cc1. The molecular formula is C36H46N5O5+. The lowest BCUT2D eigenvalue weighted by molar-refractivity contribution is -0.905. The van der Waals surface area contributed by atoms with E-state index < -0.39 is 11.4 Å². The number of likely N-dealkylation sites (tertiary alicyclic amines) is 1. The number of carbonyl (C=O) groups is 3. The van der Waals surface area contributed by atoms with E-state index in [0.29, 0.717) is 61.9 Å². The lowest BCUT2D eigenvalue weighted by atomic mass is 9.82. The van der Waals surface area contributed by atoms with Gasteiger partial charge >= 0.3 is 0 Å². The Kier molecular flexibility index (Phi) is 10.9. The minimum atomic E-state index is -1.10. The van der Waals surface area contributed by atoms with Gasteiger partial charge in [0.2, 0.25) is 24.2 Å². The minimum absolute atomic E-state index is 0.0509. The van der Waals surface area contributed by atoms with Gasteiger partial charge < -0.3 is 20.7 Å². The van der Waals surface area contributed by atoms with Crippen molar-refractivity contribution in [2.24, 2.45) is 11.7 Å². The van der Waals surface area contributed by atoms with Crippen molar-refractivity contribution in [2.45, 2.75) is 76.4 Å². The molecule has 1 aliphatic heterocycles.